The molecule has 178 valence electrons. The van der Waals surface area contributed by atoms with E-state index < -0.39 is 6.23 Å². The van der Waals surface area contributed by atoms with Gasteiger partial charge in [-0.05, 0) is 36.8 Å². The molecule has 0 saturated heterocycles. The molecule has 3 heterocycles. The van der Waals surface area contributed by atoms with Gasteiger partial charge in [0, 0.05) is 28.8 Å². The Hall–Kier alpha value is -3.36. The van der Waals surface area contributed by atoms with Crippen molar-refractivity contribution < 1.29 is 13.9 Å². The summed E-state index contributed by atoms with van der Waals surface area (Å²) in [5.74, 6) is 2.06. The van der Waals surface area contributed by atoms with E-state index in [1.165, 1.54) is 18.7 Å². The maximum atomic E-state index is 12.9. The van der Waals surface area contributed by atoms with E-state index in [9.17, 15) is 4.79 Å². The Morgan fingerprint density at radius 3 is 2.77 bits per heavy atom. The third-order valence-electron chi connectivity index (χ3n) is 5.56. The molecule has 0 aliphatic carbocycles. The monoisotopic (exact) mass is 506 g/mol. The maximum Gasteiger partial charge on any atom is 0.247 e. The van der Waals surface area contributed by atoms with Crippen LogP contribution in [0.3, 0.4) is 0 Å². The highest BCUT2D eigenvalue weighted by molar-refractivity contribution is 7.99. The molecule has 35 heavy (non-hydrogen) atoms. The molecule has 0 bridgehead atoms. The van der Waals surface area contributed by atoms with E-state index in [2.05, 4.69) is 22.1 Å². The molecule has 2 aromatic carbocycles. The summed E-state index contributed by atoms with van der Waals surface area (Å²) in [6.07, 6.45) is 1.25. The van der Waals surface area contributed by atoms with Crippen molar-refractivity contribution in [1.29, 1.82) is 0 Å². The number of furan rings is 1. The minimum atomic E-state index is -0.881. The number of para-hydroxylation sites is 1. The van der Waals surface area contributed by atoms with Gasteiger partial charge in [0.15, 0.2) is 11.5 Å². The van der Waals surface area contributed by atoms with Crippen LogP contribution < -0.4 is 9.64 Å². The number of hydrogen-bond acceptors (Lipinski definition) is 7. The lowest BCUT2D eigenvalue weighted by Crippen LogP contribution is -2.35. The topological polar surface area (TPSA) is 81.3 Å². The third-order valence-corrected chi connectivity index (χ3v) is 6.72. The molecule has 1 amide bonds. The van der Waals surface area contributed by atoms with Gasteiger partial charge in [-0.2, -0.15) is 4.98 Å². The normalized spacial score (nSPS) is 14.6. The summed E-state index contributed by atoms with van der Waals surface area (Å²) in [6, 6.07) is 18.5. The molecule has 1 aliphatic rings. The van der Waals surface area contributed by atoms with Gasteiger partial charge in [0.2, 0.25) is 23.2 Å². The molecule has 0 unspecified atom stereocenters. The number of rotatable bonds is 6. The number of carbonyl (C=O) groups is 1. The fourth-order valence-corrected chi connectivity index (χ4v) is 4.94. The van der Waals surface area contributed by atoms with Crippen molar-refractivity contribution in [2.75, 3.05) is 10.7 Å². The van der Waals surface area contributed by atoms with E-state index in [1.54, 1.807) is 17.0 Å². The second kappa shape index (κ2) is 10.1. The van der Waals surface area contributed by atoms with Crippen molar-refractivity contribution >= 4 is 35.0 Å². The lowest BCUT2D eigenvalue weighted by atomic mass is 10.1. The zero-order valence-electron chi connectivity index (χ0n) is 19.3. The first-order valence-corrected chi connectivity index (χ1v) is 12.7. The van der Waals surface area contributed by atoms with Crippen LogP contribution in [0.15, 0.2) is 70.2 Å². The Labute approximate surface area is 212 Å². The predicted molar refractivity (Wildman–Crippen MR) is 137 cm³/mol. The first kappa shape index (κ1) is 23.4. The Bertz CT molecular complexity index is 1380. The van der Waals surface area contributed by atoms with Crippen LogP contribution in [0.5, 0.6) is 5.88 Å². The van der Waals surface area contributed by atoms with Crippen LogP contribution in [0.2, 0.25) is 5.02 Å². The van der Waals surface area contributed by atoms with Gasteiger partial charge in [-0.25, -0.2) is 0 Å². The van der Waals surface area contributed by atoms with E-state index in [0.29, 0.717) is 44.5 Å². The van der Waals surface area contributed by atoms with Crippen molar-refractivity contribution in [1.82, 2.24) is 15.2 Å². The molecule has 0 radical (unpaired) electrons. The van der Waals surface area contributed by atoms with Crippen LogP contribution in [-0.4, -0.2) is 26.8 Å². The van der Waals surface area contributed by atoms with E-state index >= 15 is 0 Å². The molecule has 1 atom stereocenters. The molecule has 9 heteroatoms. The van der Waals surface area contributed by atoms with Gasteiger partial charge in [-0.15, -0.1) is 10.2 Å². The zero-order valence-corrected chi connectivity index (χ0v) is 20.8. The highest BCUT2D eigenvalue weighted by atomic mass is 35.5. The second-order valence-electron chi connectivity index (χ2n) is 8.04. The van der Waals surface area contributed by atoms with Gasteiger partial charge in [-0.1, -0.05) is 67.0 Å². The predicted octanol–water partition coefficient (Wildman–Crippen LogP) is 6.79. The van der Waals surface area contributed by atoms with Crippen molar-refractivity contribution in [3.8, 4) is 28.5 Å². The van der Waals surface area contributed by atoms with Gasteiger partial charge in [0.05, 0.1) is 5.69 Å². The first-order valence-electron chi connectivity index (χ1n) is 11.3. The number of hydrogen-bond donors (Lipinski definition) is 0. The van der Waals surface area contributed by atoms with E-state index in [4.69, 9.17) is 20.8 Å². The van der Waals surface area contributed by atoms with Gasteiger partial charge in [0.1, 0.15) is 5.76 Å². The average molecular weight is 507 g/mol. The summed E-state index contributed by atoms with van der Waals surface area (Å²) in [5, 5.41) is 9.89. The summed E-state index contributed by atoms with van der Waals surface area (Å²) in [4.78, 5) is 19.2. The van der Waals surface area contributed by atoms with Crippen LogP contribution in [0, 0.1) is 0 Å². The molecule has 2 aromatic heterocycles. The standard InChI is InChI=1S/C26H23ClN4O3S/c1-3-4-14-35-26-28-24-23(29-30-26)19-10-5-6-11-20(19)31(16(2)32)25(34-24)22-13-12-21(33-22)17-8-7-9-18(27)15-17/h5-13,15,25H,3-4,14H2,1-2H3/t25-/m0/s1. The Morgan fingerprint density at radius 2 is 1.97 bits per heavy atom. The summed E-state index contributed by atoms with van der Waals surface area (Å²) in [6.45, 7) is 3.63. The number of fused-ring (bicyclic) bond motifs is 3. The highest BCUT2D eigenvalue weighted by Crippen LogP contribution is 2.44. The highest BCUT2D eigenvalue weighted by Gasteiger charge is 2.36. The molecular weight excluding hydrogens is 484 g/mol. The molecule has 1 aliphatic heterocycles. The number of amides is 1. The molecule has 5 rings (SSSR count). The fraction of sp³-hybridized carbons (Fsp3) is 0.231. The SMILES string of the molecule is CCCCSc1nnc2c(n1)O[C@@H](c1ccc(-c3cccc(Cl)c3)o1)N(C(C)=O)c1ccccc1-2. The number of nitrogens with zero attached hydrogens (tertiary/aromatic N) is 4. The number of unbranched alkanes of at least 4 members (excludes halogenated alkanes) is 1. The molecular formula is C26H23ClN4O3S. The third kappa shape index (κ3) is 4.76. The molecule has 0 saturated carbocycles. The van der Waals surface area contributed by atoms with E-state index in [1.807, 2.05) is 48.5 Å². The molecule has 0 N–H and O–H groups in total. The summed E-state index contributed by atoms with van der Waals surface area (Å²) >= 11 is 7.70. The lowest BCUT2D eigenvalue weighted by Gasteiger charge is -2.28. The quantitative estimate of drug-likeness (QED) is 0.210. The minimum absolute atomic E-state index is 0.207. The first-order chi connectivity index (χ1) is 17.0. The Balaban J connectivity index is 1.60. The van der Waals surface area contributed by atoms with Crippen molar-refractivity contribution in [2.24, 2.45) is 0 Å². The Morgan fingerprint density at radius 1 is 1.11 bits per heavy atom. The molecule has 7 nitrogen and oxygen atoms in total. The van der Waals surface area contributed by atoms with Crippen molar-refractivity contribution in [3.63, 3.8) is 0 Å². The Kier molecular flexibility index (Phi) is 6.74. The summed E-state index contributed by atoms with van der Waals surface area (Å²) in [5.41, 5.74) is 2.67. The number of benzene rings is 2. The van der Waals surface area contributed by atoms with Crippen molar-refractivity contribution in [2.45, 2.75) is 38.1 Å². The maximum absolute atomic E-state index is 12.9. The van der Waals surface area contributed by atoms with E-state index in [-0.39, 0.29) is 5.91 Å². The number of halogens is 1. The smallest absolute Gasteiger partial charge is 0.247 e. The van der Waals surface area contributed by atoms with Crippen LogP contribution in [0.1, 0.15) is 38.7 Å². The van der Waals surface area contributed by atoms with Crippen LogP contribution >= 0.6 is 23.4 Å². The van der Waals surface area contributed by atoms with Crippen LogP contribution in [0.4, 0.5) is 5.69 Å². The van der Waals surface area contributed by atoms with E-state index in [0.717, 1.165) is 24.2 Å². The number of thioether (sulfide) groups is 1. The lowest BCUT2D eigenvalue weighted by molar-refractivity contribution is -0.118. The van der Waals surface area contributed by atoms with Gasteiger partial charge in [-0.3, -0.25) is 9.69 Å². The number of anilines is 1. The summed E-state index contributed by atoms with van der Waals surface area (Å²) in [7, 11) is 0. The number of aromatic nitrogens is 3. The van der Waals surface area contributed by atoms with Gasteiger partial charge in [0.25, 0.3) is 0 Å². The summed E-state index contributed by atoms with van der Waals surface area (Å²) < 4.78 is 12.6. The largest absolute Gasteiger partial charge is 0.455 e. The average Bonchev–Trinajstić information content (AvgIpc) is 3.29. The minimum Gasteiger partial charge on any atom is -0.455 e. The van der Waals surface area contributed by atoms with Gasteiger partial charge >= 0.3 is 0 Å². The molecule has 0 fully saturated rings. The fourth-order valence-electron chi connectivity index (χ4n) is 3.89. The zero-order chi connectivity index (χ0) is 24.4. The van der Waals surface area contributed by atoms with Gasteiger partial charge < -0.3 is 9.15 Å². The van der Waals surface area contributed by atoms with Crippen molar-refractivity contribution in [3.05, 3.63) is 71.4 Å². The number of ether oxygens (including phenoxy) is 1. The number of carbonyl (C=O) groups excluding carboxylic acids is 1. The van der Waals surface area contributed by atoms with Crippen LogP contribution in [-0.2, 0) is 4.79 Å². The van der Waals surface area contributed by atoms with Crippen LogP contribution in [0.25, 0.3) is 22.6 Å². The second-order valence-corrected chi connectivity index (χ2v) is 9.54. The molecule has 0 spiro atoms. The molecule has 4 aromatic rings.